The van der Waals surface area contributed by atoms with Gasteiger partial charge in [-0.3, -0.25) is 9.59 Å². The van der Waals surface area contributed by atoms with Gasteiger partial charge in [-0.1, -0.05) is 0 Å². The van der Waals surface area contributed by atoms with Crippen molar-refractivity contribution < 1.29 is 19.1 Å². The van der Waals surface area contributed by atoms with Crippen molar-refractivity contribution in [3.8, 4) is 5.75 Å². The number of carbonyl (C=O) groups excluding carboxylic acids is 2. The molecule has 0 aromatic heterocycles. The molecule has 1 aromatic carbocycles. The third kappa shape index (κ3) is 3.21. The van der Waals surface area contributed by atoms with Gasteiger partial charge in [0.1, 0.15) is 11.9 Å². The summed E-state index contributed by atoms with van der Waals surface area (Å²) in [6, 6.07) is 4.55. The van der Waals surface area contributed by atoms with Crippen LogP contribution in [-0.4, -0.2) is 32.1 Å². The zero-order valence-corrected chi connectivity index (χ0v) is 10.5. The Hall–Kier alpha value is -2.08. The predicted octanol–water partition coefficient (Wildman–Crippen LogP) is 0.767. The Kier molecular flexibility index (Phi) is 4.67. The summed E-state index contributed by atoms with van der Waals surface area (Å²) >= 11 is 0. The van der Waals surface area contributed by atoms with E-state index in [0.29, 0.717) is 11.4 Å². The lowest BCUT2D eigenvalue weighted by Crippen LogP contribution is -2.27. The number of primary amides is 1. The maximum absolute atomic E-state index is 11.7. The lowest BCUT2D eigenvalue weighted by molar-refractivity contribution is -0.124. The summed E-state index contributed by atoms with van der Waals surface area (Å²) in [6.07, 6.45) is -0.605. The average Bonchev–Trinajstić information content (AvgIpc) is 2.37. The number of methoxy groups -OCH3 is 2. The second-order valence-electron chi connectivity index (χ2n) is 3.65. The molecule has 0 saturated carbocycles. The highest BCUT2D eigenvalue weighted by Gasteiger charge is 2.15. The molecule has 2 amide bonds. The van der Waals surface area contributed by atoms with Gasteiger partial charge in [-0.05, 0) is 25.1 Å². The van der Waals surface area contributed by atoms with Crippen LogP contribution in [-0.2, 0) is 9.53 Å². The van der Waals surface area contributed by atoms with Crippen LogP contribution in [0.5, 0.6) is 5.75 Å². The van der Waals surface area contributed by atoms with Gasteiger partial charge in [-0.25, -0.2) is 0 Å². The highest BCUT2D eigenvalue weighted by molar-refractivity contribution is 5.98. The molecule has 98 valence electrons. The molecule has 0 radical (unpaired) electrons. The third-order valence-corrected chi connectivity index (χ3v) is 2.46. The quantitative estimate of drug-likeness (QED) is 0.809. The van der Waals surface area contributed by atoms with E-state index in [4.69, 9.17) is 15.2 Å². The van der Waals surface area contributed by atoms with E-state index in [-0.39, 0.29) is 11.5 Å². The Bertz CT molecular complexity index is 459. The van der Waals surface area contributed by atoms with Gasteiger partial charge in [-0.2, -0.15) is 0 Å². The average molecular weight is 252 g/mol. The molecule has 0 aliphatic carbocycles. The van der Waals surface area contributed by atoms with Crippen LogP contribution in [0.4, 0.5) is 5.69 Å². The molecule has 18 heavy (non-hydrogen) atoms. The summed E-state index contributed by atoms with van der Waals surface area (Å²) in [5.74, 6) is -0.470. The molecule has 6 heteroatoms. The number of anilines is 1. The van der Waals surface area contributed by atoms with Crippen LogP contribution in [0, 0.1) is 0 Å². The number of rotatable bonds is 5. The molecule has 1 atom stereocenters. The topological polar surface area (TPSA) is 90.6 Å². The normalized spacial score (nSPS) is 11.7. The second-order valence-corrected chi connectivity index (χ2v) is 3.65. The van der Waals surface area contributed by atoms with Gasteiger partial charge >= 0.3 is 0 Å². The summed E-state index contributed by atoms with van der Waals surface area (Å²) < 4.78 is 9.98. The van der Waals surface area contributed by atoms with Crippen molar-refractivity contribution in [2.75, 3.05) is 19.5 Å². The molecular formula is C12H16N2O4. The molecule has 6 nitrogen and oxygen atoms in total. The van der Waals surface area contributed by atoms with Gasteiger partial charge in [-0.15, -0.1) is 0 Å². The Balaban J connectivity index is 3.01. The maximum atomic E-state index is 11.7. The van der Waals surface area contributed by atoms with E-state index in [1.165, 1.54) is 26.4 Å². The van der Waals surface area contributed by atoms with Crippen LogP contribution < -0.4 is 15.8 Å². The number of nitrogens with two attached hydrogens (primary N) is 1. The van der Waals surface area contributed by atoms with Crippen molar-refractivity contribution in [1.82, 2.24) is 0 Å². The molecule has 0 saturated heterocycles. The highest BCUT2D eigenvalue weighted by atomic mass is 16.5. The van der Waals surface area contributed by atoms with Gasteiger partial charge in [0.15, 0.2) is 0 Å². The first kappa shape index (κ1) is 14.0. The monoisotopic (exact) mass is 252 g/mol. The van der Waals surface area contributed by atoms with Crippen molar-refractivity contribution in [3.63, 3.8) is 0 Å². The largest absolute Gasteiger partial charge is 0.495 e. The fourth-order valence-electron chi connectivity index (χ4n) is 1.30. The van der Waals surface area contributed by atoms with Gasteiger partial charge in [0.05, 0.1) is 12.8 Å². The van der Waals surface area contributed by atoms with Gasteiger partial charge < -0.3 is 20.5 Å². The van der Waals surface area contributed by atoms with Crippen LogP contribution in [0.1, 0.15) is 17.3 Å². The van der Waals surface area contributed by atoms with E-state index in [1.54, 1.807) is 13.0 Å². The minimum atomic E-state index is -0.605. The fourth-order valence-corrected chi connectivity index (χ4v) is 1.30. The molecule has 1 aromatic rings. The summed E-state index contributed by atoms with van der Waals surface area (Å²) in [4.78, 5) is 22.8. The standard InChI is InChI=1S/C12H16N2O4/c1-7(17-2)12(16)14-9-6-8(11(13)15)4-5-10(9)18-3/h4-7H,1-3H3,(H2,13,15)(H,14,16). The van der Waals surface area contributed by atoms with Crippen LogP contribution in [0.2, 0.25) is 0 Å². The number of nitrogens with one attached hydrogen (secondary N) is 1. The Morgan fingerprint density at radius 1 is 1.33 bits per heavy atom. The minimum absolute atomic E-state index is 0.288. The molecule has 0 spiro atoms. The smallest absolute Gasteiger partial charge is 0.253 e. The number of amides is 2. The van der Waals surface area contributed by atoms with Crippen LogP contribution in [0.3, 0.4) is 0 Å². The Morgan fingerprint density at radius 3 is 2.50 bits per heavy atom. The number of ether oxygens (including phenoxy) is 2. The third-order valence-electron chi connectivity index (χ3n) is 2.46. The van der Waals surface area contributed by atoms with Crippen molar-refractivity contribution in [2.45, 2.75) is 13.0 Å². The lowest BCUT2D eigenvalue weighted by Gasteiger charge is -2.13. The second kappa shape index (κ2) is 6.02. The van der Waals surface area contributed by atoms with E-state index in [2.05, 4.69) is 5.32 Å². The summed E-state index contributed by atoms with van der Waals surface area (Å²) in [5.41, 5.74) is 5.84. The van der Waals surface area contributed by atoms with Gasteiger partial charge in [0.2, 0.25) is 5.91 Å². The van der Waals surface area contributed by atoms with Crippen molar-refractivity contribution in [1.29, 1.82) is 0 Å². The summed E-state index contributed by atoms with van der Waals surface area (Å²) in [5, 5.41) is 2.61. The summed E-state index contributed by atoms with van der Waals surface area (Å²) in [7, 11) is 2.90. The molecule has 0 aliphatic rings. The molecule has 0 fully saturated rings. The predicted molar refractivity (Wildman–Crippen MR) is 66.6 cm³/mol. The fraction of sp³-hybridized carbons (Fsp3) is 0.333. The number of carbonyl (C=O) groups is 2. The zero-order valence-electron chi connectivity index (χ0n) is 10.5. The Morgan fingerprint density at radius 2 is 2.00 bits per heavy atom. The van der Waals surface area contributed by atoms with E-state index in [0.717, 1.165) is 0 Å². The SMILES string of the molecule is COc1ccc(C(N)=O)cc1NC(=O)C(C)OC. The van der Waals surface area contributed by atoms with E-state index in [9.17, 15) is 9.59 Å². The first-order valence-corrected chi connectivity index (χ1v) is 5.31. The first-order valence-electron chi connectivity index (χ1n) is 5.31. The highest BCUT2D eigenvalue weighted by Crippen LogP contribution is 2.25. The van der Waals surface area contributed by atoms with Crippen LogP contribution in [0.25, 0.3) is 0 Å². The molecule has 0 aliphatic heterocycles. The van der Waals surface area contributed by atoms with Crippen molar-refractivity contribution >= 4 is 17.5 Å². The Labute approximate surface area is 105 Å². The minimum Gasteiger partial charge on any atom is -0.495 e. The molecule has 0 bridgehead atoms. The molecular weight excluding hydrogens is 236 g/mol. The first-order chi connectivity index (χ1) is 8.49. The maximum Gasteiger partial charge on any atom is 0.253 e. The zero-order chi connectivity index (χ0) is 13.7. The van der Waals surface area contributed by atoms with Crippen LogP contribution in [0.15, 0.2) is 18.2 Å². The molecule has 1 rings (SSSR count). The van der Waals surface area contributed by atoms with Crippen LogP contribution >= 0.6 is 0 Å². The van der Waals surface area contributed by atoms with E-state index >= 15 is 0 Å². The lowest BCUT2D eigenvalue weighted by atomic mass is 10.1. The van der Waals surface area contributed by atoms with E-state index in [1.807, 2.05) is 0 Å². The molecule has 3 N–H and O–H groups in total. The van der Waals surface area contributed by atoms with Gasteiger partial charge in [0.25, 0.3) is 5.91 Å². The molecule has 1 unspecified atom stereocenters. The van der Waals surface area contributed by atoms with Crippen molar-refractivity contribution in [3.05, 3.63) is 23.8 Å². The molecule has 0 heterocycles. The summed E-state index contributed by atoms with van der Waals surface area (Å²) in [6.45, 7) is 1.61. The van der Waals surface area contributed by atoms with Gasteiger partial charge in [0, 0.05) is 12.7 Å². The number of hydrogen-bond donors (Lipinski definition) is 2. The van der Waals surface area contributed by atoms with Crippen molar-refractivity contribution in [2.24, 2.45) is 5.73 Å². The number of hydrogen-bond acceptors (Lipinski definition) is 4. The van der Waals surface area contributed by atoms with E-state index < -0.39 is 12.0 Å². The number of benzene rings is 1.